The lowest BCUT2D eigenvalue weighted by Crippen LogP contribution is -2.23. The Labute approximate surface area is 130 Å². The van der Waals surface area contributed by atoms with Gasteiger partial charge in [-0.15, -0.1) is 0 Å². The number of rotatable bonds is 6. The fraction of sp³-hybridized carbons (Fsp3) is 0.250. The van der Waals surface area contributed by atoms with Crippen molar-refractivity contribution < 1.29 is 13.9 Å². The van der Waals surface area contributed by atoms with E-state index in [9.17, 15) is 13.9 Å². The molecule has 2 nitrogen and oxygen atoms in total. The maximum Gasteiger partial charge on any atom is 0.126 e. The highest BCUT2D eigenvalue weighted by Gasteiger charge is 2.07. The molecule has 0 aliphatic carbocycles. The van der Waals surface area contributed by atoms with Crippen LogP contribution in [-0.4, -0.2) is 18.2 Å². The van der Waals surface area contributed by atoms with Gasteiger partial charge in [-0.25, -0.2) is 8.78 Å². The number of nitrogens with one attached hydrogen (secondary N) is 1. The minimum atomic E-state index is -0.619. The number of aliphatic hydroxyl groups is 1. The van der Waals surface area contributed by atoms with Crippen molar-refractivity contribution in [3.8, 4) is 0 Å². The van der Waals surface area contributed by atoms with Gasteiger partial charge in [-0.1, -0.05) is 28.1 Å². The molecule has 2 N–H and O–H groups in total. The Kier molecular flexibility index (Phi) is 5.85. The molecule has 0 aliphatic rings. The number of benzene rings is 2. The molecule has 0 saturated carbocycles. The number of halogens is 3. The molecule has 0 aromatic heterocycles. The van der Waals surface area contributed by atoms with E-state index in [1.54, 1.807) is 0 Å². The van der Waals surface area contributed by atoms with Gasteiger partial charge in [-0.2, -0.15) is 0 Å². The smallest absolute Gasteiger partial charge is 0.126 e. The topological polar surface area (TPSA) is 32.3 Å². The Morgan fingerprint density at radius 1 is 1.10 bits per heavy atom. The minimum Gasteiger partial charge on any atom is -0.387 e. The summed E-state index contributed by atoms with van der Waals surface area (Å²) in [6.07, 6.45) is -0.119. The van der Waals surface area contributed by atoms with Crippen molar-refractivity contribution in [3.05, 3.63) is 69.7 Å². The number of aliphatic hydroxyl groups excluding tert-OH is 1. The zero-order valence-corrected chi connectivity index (χ0v) is 12.9. The largest absolute Gasteiger partial charge is 0.387 e. The normalized spacial score (nSPS) is 12.4. The van der Waals surface area contributed by atoms with Gasteiger partial charge in [0.25, 0.3) is 0 Å². The molecule has 0 radical (unpaired) electrons. The molecular weight excluding hydrogens is 340 g/mol. The van der Waals surface area contributed by atoms with E-state index < -0.39 is 17.7 Å². The highest BCUT2D eigenvalue weighted by atomic mass is 79.9. The molecule has 2 aromatic carbocycles. The van der Waals surface area contributed by atoms with Gasteiger partial charge in [0.1, 0.15) is 11.6 Å². The molecule has 2 aromatic rings. The maximum atomic E-state index is 13.0. The maximum absolute atomic E-state index is 13.0. The molecular formula is C16H16BrF2NO. The van der Waals surface area contributed by atoms with E-state index in [-0.39, 0.29) is 0 Å². The summed E-state index contributed by atoms with van der Waals surface area (Å²) in [5, 5.41) is 13.1. The van der Waals surface area contributed by atoms with Crippen LogP contribution in [0, 0.1) is 11.6 Å². The van der Waals surface area contributed by atoms with Gasteiger partial charge in [0, 0.05) is 17.1 Å². The van der Waals surface area contributed by atoms with Crippen LogP contribution in [0.2, 0.25) is 0 Å². The summed E-state index contributed by atoms with van der Waals surface area (Å²) in [4.78, 5) is 0. The molecule has 0 amide bonds. The molecule has 112 valence electrons. The Morgan fingerprint density at radius 3 is 2.48 bits per heavy atom. The van der Waals surface area contributed by atoms with Crippen LogP contribution in [0.5, 0.6) is 0 Å². The van der Waals surface area contributed by atoms with Gasteiger partial charge in [0.05, 0.1) is 6.10 Å². The molecule has 5 heteroatoms. The van der Waals surface area contributed by atoms with Crippen molar-refractivity contribution in [2.24, 2.45) is 0 Å². The van der Waals surface area contributed by atoms with Crippen molar-refractivity contribution in [1.82, 2.24) is 5.32 Å². The van der Waals surface area contributed by atoms with Crippen molar-refractivity contribution in [2.45, 2.75) is 12.5 Å². The molecule has 0 bridgehead atoms. The number of hydrogen-bond acceptors (Lipinski definition) is 2. The third-order valence-corrected chi connectivity index (χ3v) is 3.58. The molecule has 0 saturated heterocycles. The standard InChI is InChI=1S/C16H16BrF2NO/c17-13-3-1-2-12(8-13)16(21)10-20-5-4-11-6-14(18)9-15(19)7-11/h1-3,6-9,16,20-21H,4-5,10H2. The Morgan fingerprint density at radius 2 is 1.81 bits per heavy atom. The van der Waals surface area contributed by atoms with Crippen LogP contribution in [-0.2, 0) is 6.42 Å². The van der Waals surface area contributed by atoms with Crippen molar-refractivity contribution in [2.75, 3.05) is 13.1 Å². The zero-order chi connectivity index (χ0) is 15.2. The fourth-order valence-electron chi connectivity index (χ4n) is 2.06. The zero-order valence-electron chi connectivity index (χ0n) is 11.3. The lowest BCUT2D eigenvalue weighted by atomic mass is 10.1. The van der Waals surface area contributed by atoms with Crippen molar-refractivity contribution >= 4 is 15.9 Å². The monoisotopic (exact) mass is 355 g/mol. The molecule has 0 spiro atoms. The third kappa shape index (κ3) is 5.19. The van der Waals surface area contributed by atoms with Crippen LogP contribution in [0.15, 0.2) is 46.9 Å². The van der Waals surface area contributed by atoms with Gasteiger partial charge in [0.15, 0.2) is 0 Å². The molecule has 2 rings (SSSR count). The molecule has 21 heavy (non-hydrogen) atoms. The lowest BCUT2D eigenvalue weighted by Gasteiger charge is -2.12. The average molecular weight is 356 g/mol. The van der Waals surface area contributed by atoms with Gasteiger partial charge < -0.3 is 10.4 Å². The highest BCUT2D eigenvalue weighted by Crippen LogP contribution is 2.17. The van der Waals surface area contributed by atoms with Gasteiger partial charge >= 0.3 is 0 Å². The second kappa shape index (κ2) is 7.64. The molecule has 0 fully saturated rings. The second-order valence-corrected chi connectivity index (χ2v) is 5.72. The van der Waals surface area contributed by atoms with Gasteiger partial charge in [-0.05, 0) is 48.4 Å². The van der Waals surface area contributed by atoms with Crippen molar-refractivity contribution in [3.63, 3.8) is 0 Å². The van der Waals surface area contributed by atoms with E-state index in [2.05, 4.69) is 21.2 Å². The molecule has 1 unspecified atom stereocenters. The first-order valence-corrected chi connectivity index (χ1v) is 7.43. The second-order valence-electron chi connectivity index (χ2n) is 4.80. The summed E-state index contributed by atoms with van der Waals surface area (Å²) in [5.41, 5.74) is 1.41. The van der Waals surface area contributed by atoms with E-state index in [1.165, 1.54) is 12.1 Å². The van der Waals surface area contributed by atoms with Gasteiger partial charge in [-0.3, -0.25) is 0 Å². The summed E-state index contributed by atoms with van der Waals surface area (Å²) in [5.74, 6) is -1.14. The number of hydrogen-bond donors (Lipinski definition) is 2. The summed E-state index contributed by atoms with van der Waals surface area (Å²) in [7, 11) is 0. The highest BCUT2D eigenvalue weighted by molar-refractivity contribution is 9.10. The SMILES string of the molecule is OC(CNCCc1cc(F)cc(F)c1)c1cccc(Br)c1. The van der Waals surface area contributed by atoms with Crippen LogP contribution < -0.4 is 5.32 Å². The Hall–Kier alpha value is -1.30. The predicted octanol–water partition coefficient (Wildman–Crippen LogP) is 3.59. The van der Waals surface area contributed by atoms with E-state index >= 15 is 0 Å². The average Bonchev–Trinajstić information content (AvgIpc) is 2.42. The summed E-state index contributed by atoms with van der Waals surface area (Å²) < 4.78 is 27.0. The molecule has 0 heterocycles. The van der Waals surface area contributed by atoms with E-state index in [1.807, 2.05) is 24.3 Å². The lowest BCUT2D eigenvalue weighted by molar-refractivity contribution is 0.175. The quantitative estimate of drug-likeness (QED) is 0.776. The first-order chi connectivity index (χ1) is 10.0. The van der Waals surface area contributed by atoms with Crippen LogP contribution in [0.25, 0.3) is 0 Å². The van der Waals surface area contributed by atoms with Gasteiger partial charge in [0.2, 0.25) is 0 Å². The first-order valence-electron chi connectivity index (χ1n) is 6.64. The predicted molar refractivity (Wildman–Crippen MR) is 82.0 cm³/mol. The first kappa shape index (κ1) is 16.1. The van der Waals surface area contributed by atoms with E-state index in [0.717, 1.165) is 16.1 Å². The Balaban J connectivity index is 1.79. The Bertz CT molecular complexity index is 586. The van der Waals surface area contributed by atoms with E-state index in [4.69, 9.17) is 0 Å². The summed E-state index contributed by atoms with van der Waals surface area (Å²) in [6.45, 7) is 0.919. The van der Waals surface area contributed by atoms with Crippen molar-refractivity contribution in [1.29, 1.82) is 0 Å². The summed E-state index contributed by atoms with van der Waals surface area (Å²) in [6, 6.07) is 10.9. The third-order valence-electron chi connectivity index (χ3n) is 3.08. The fourth-order valence-corrected chi connectivity index (χ4v) is 2.48. The van der Waals surface area contributed by atoms with E-state index in [0.29, 0.717) is 25.1 Å². The van der Waals surface area contributed by atoms with Crippen LogP contribution in [0.1, 0.15) is 17.2 Å². The summed E-state index contributed by atoms with van der Waals surface area (Å²) >= 11 is 3.35. The molecule has 1 atom stereocenters. The minimum absolute atomic E-state index is 0.383. The van der Waals surface area contributed by atoms with Crippen LogP contribution in [0.4, 0.5) is 8.78 Å². The van der Waals surface area contributed by atoms with Crippen LogP contribution in [0.3, 0.4) is 0 Å². The molecule has 0 aliphatic heterocycles. The van der Waals surface area contributed by atoms with Crippen LogP contribution >= 0.6 is 15.9 Å².